The monoisotopic (exact) mass is 246 g/mol. The van der Waals surface area contributed by atoms with Gasteiger partial charge in [-0.15, -0.1) is 0 Å². The van der Waals surface area contributed by atoms with Crippen molar-refractivity contribution in [1.82, 2.24) is 4.98 Å². The van der Waals surface area contributed by atoms with E-state index in [9.17, 15) is 4.79 Å². The van der Waals surface area contributed by atoms with E-state index in [0.29, 0.717) is 22.0 Å². The minimum Gasteiger partial charge on any atom is -0.321 e. The van der Waals surface area contributed by atoms with Crippen molar-refractivity contribution >= 4 is 23.2 Å². The van der Waals surface area contributed by atoms with E-state index >= 15 is 0 Å². The van der Waals surface area contributed by atoms with Crippen LogP contribution in [0.25, 0.3) is 0 Å². The van der Waals surface area contributed by atoms with Gasteiger partial charge in [0, 0.05) is 11.9 Å². The molecule has 1 aromatic carbocycles. The number of amides is 1. The Morgan fingerprint density at radius 2 is 2.00 bits per heavy atom. The first-order valence-electron chi connectivity index (χ1n) is 5.16. The van der Waals surface area contributed by atoms with Gasteiger partial charge in [0.15, 0.2) is 0 Å². The molecule has 0 aliphatic carbocycles. The number of carbonyl (C=O) groups excluding carboxylic acids is 1. The van der Waals surface area contributed by atoms with Crippen molar-refractivity contribution in [1.29, 1.82) is 0 Å². The molecular formula is C13H11ClN2O. The second kappa shape index (κ2) is 4.97. The third-order valence-corrected chi connectivity index (χ3v) is 2.70. The number of aryl methyl sites for hydroxylation is 1. The molecule has 1 amide bonds. The van der Waals surface area contributed by atoms with Gasteiger partial charge in [-0.25, -0.2) is 0 Å². The van der Waals surface area contributed by atoms with E-state index in [2.05, 4.69) is 10.3 Å². The van der Waals surface area contributed by atoms with Crippen molar-refractivity contribution in [3.05, 3.63) is 58.9 Å². The third kappa shape index (κ3) is 2.63. The van der Waals surface area contributed by atoms with Crippen molar-refractivity contribution < 1.29 is 4.79 Å². The summed E-state index contributed by atoms with van der Waals surface area (Å²) in [5, 5.41) is 3.27. The van der Waals surface area contributed by atoms with Crippen LogP contribution in [0.2, 0.25) is 5.02 Å². The van der Waals surface area contributed by atoms with E-state index in [0.717, 1.165) is 0 Å². The molecule has 0 saturated heterocycles. The van der Waals surface area contributed by atoms with Crippen LogP contribution in [0.5, 0.6) is 0 Å². The Kier molecular flexibility index (Phi) is 3.40. The van der Waals surface area contributed by atoms with Crippen molar-refractivity contribution in [3.8, 4) is 0 Å². The number of halogens is 1. The summed E-state index contributed by atoms with van der Waals surface area (Å²) < 4.78 is 0. The fourth-order valence-electron chi connectivity index (χ4n) is 1.48. The second-order valence-electron chi connectivity index (χ2n) is 3.57. The predicted octanol–water partition coefficient (Wildman–Crippen LogP) is 3.30. The van der Waals surface area contributed by atoms with Crippen molar-refractivity contribution in [2.75, 3.05) is 5.32 Å². The highest BCUT2D eigenvalue weighted by molar-refractivity contribution is 6.33. The zero-order valence-electron chi connectivity index (χ0n) is 9.27. The normalized spacial score (nSPS) is 10.0. The second-order valence-corrected chi connectivity index (χ2v) is 3.98. The number of benzene rings is 1. The Morgan fingerprint density at radius 1 is 1.24 bits per heavy atom. The lowest BCUT2D eigenvalue weighted by molar-refractivity contribution is 0.102. The van der Waals surface area contributed by atoms with Crippen molar-refractivity contribution in [2.45, 2.75) is 6.92 Å². The first kappa shape index (κ1) is 11.6. The molecule has 1 N–H and O–H groups in total. The van der Waals surface area contributed by atoms with E-state index in [4.69, 9.17) is 11.6 Å². The van der Waals surface area contributed by atoms with Crippen LogP contribution in [0, 0.1) is 6.92 Å². The van der Waals surface area contributed by atoms with Crippen molar-refractivity contribution in [2.24, 2.45) is 0 Å². The Morgan fingerprint density at radius 3 is 2.71 bits per heavy atom. The number of hydrogen-bond donors (Lipinski definition) is 1. The molecule has 2 aromatic rings. The maximum Gasteiger partial charge on any atom is 0.257 e. The number of pyridine rings is 1. The molecule has 4 heteroatoms. The van der Waals surface area contributed by atoms with E-state index in [1.165, 1.54) is 0 Å². The summed E-state index contributed by atoms with van der Waals surface area (Å²) in [6, 6.07) is 10.6. The molecule has 0 atom stereocenters. The fourth-order valence-corrected chi connectivity index (χ4v) is 1.66. The van der Waals surface area contributed by atoms with Crippen LogP contribution in [-0.4, -0.2) is 10.9 Å². The summed E-state index contributed by atoms with van der Waals surface area (Å²) in [5.74, 6) is -0.205. The summed E-state index contributed by atoms with van der Waals surface area (Å²) in [6.45, 7) is 1.79. The minimum atomic E-state index is -0.205. The molecule has 0 radical (unpaired) electrons. The minimum absolute atomic E-state index is 0.205. The summed E-state index contributed by atoms with van der Waals surface area (Å²) in [5.41, 5.74) is 1.84. The number of anilines is 1. The zero-order chi connectivity index (χ0) is 12.3. The number of aromatic nitrogens is 1. The zero-order valence-corrected chi connectivity index (χ0v) is 10.0. The summed E-state index contributed by atoms with van der Waals surface area (Å²) in [4.78, 5) is 16.0. The van der Waals surface area contributed by atoms with Crippen LogP contribution in [-0.2, 0) is 0 Å². The SMILES string of the molecule is Cc1ncccc1C(=O)Nc1ccccc1Cl. The number of para-hydroxylation sites is 1. The van der Waals surface area contributed by atoms with E-state index in [1.54, 1.807) is 37.4 Å². The Bertz CT molecular complexity index is 555. The van der Waals surface area contributed by atoms with E-state index < -0.39 is 0 Å². The van der Waals surface area contributed by atoms with E-state index in [-0.39, 0.29) is 5.91 Å². The predicted molar refractivity (Wildman–Crippen MR) is 68.4 cm³/mol. The van der Waals surface area contributed by atoms with Crippen molar-refractivity contribution in [3.63, 3.8) is 0 Å². The molecule has 86 valence electrons. The fraction of sp³-hybridized carbons (Fsp3) is 0.0769. The topological polar surface area (TPSA) is 42.0 Å². The van der Waals surface area contributed by atoms with Gasteiger partial charge < -0.3 is 5.32 Å². The maximum absolute atomic E-state index is 12.0. The molecule has 1 aromatic heterocycles. The molecule has 0 aliphatic heterocycles. The molecule has 0 unspecified atom stereocenters. The van der Waals surface area contributed by atoms with Gasteiger partial charge in [0.25, 0.3) is 5.91 Å². The molecule has 0 saturated carbocycles. The molecule has 0 fully saturated rings. The molecule has 0 aliphatic rings. The van der Waals surface area contributed by atoms with Gasteiger partial charge in [0.1, 0.15) is 0 Å². The first-order chi connectivity index (χ1) is 8.18. The lowest BCUT2D eigenvalue weighted by Gasteiger charge is -2.08. The molecule has 0 spiro atoms. The van der Waals surface area contributed by atoms with Gasteiger partial charge in [0.05, 0.1) is 16.3 Å². The number of carbonyl (C=O) groups is 1. The van der Waals surface area contributed by atoms with E-state index in [1.807, 2.05) is 12.1 Å². The van der Waals surface area contributed by atoms with Gasteiger partial charge in [-0.05, 0) is 31.2 Å². The summed E-state index contributed by atoms with van der Waals surface area (Å²) in [7, 11) is 0. The van der Waals surface area contributed by atoms with Gasteiger partial charge in [-0.1, -0.05) is 23.7 Å². The standard InChI is InChI=1S/C13H11ClN2O/c1-9-10(5-4-8-15-9)13(17)16-12-7-3-2-6-11(12)14/h2-8H,1H3,(H,16,17). The molecule has 3 nitrogen and oxygen atoms in total. The third-order valence-electron chi connectivity index (χ3n) is 2.37. The molecule has 0 bridgehead atoms. The van der Waals surface area contributed by atoms with Gasteiger partial charge in [0.2, 0.25) is 0 Å². The van der Waals surface area contributed by atoms with Crippen LogP contribution in [0.3, 0.4) is 0 Å². The average molecular weight is 247 g/mol. The highest BCUT2D eigenvalue weighted by atomic mass is 35.5. The van der Waals surface area contributed by atoms with Crippen LogP contribution >= 0.6 is 11.6 Å². The quantitative estimate of drug-likeness (QED) is 0.884. The van der Waals surface area contributed by atoms with Gasteiger partial charge in [-0.3, -0.25) is 9.78 Å². The largest absolute Gasteiger partial charge is 0.321 e. The first-order valence-corrected chi connectivity index (χ1v) is 5.54. The Balaban J connectivity index is 2.24. The highest BCUT2D eigenvalue weighted by Gasteiger charge is 2.10. The molecular weight excluding hydrogens is 236 g/mol. The lowest BCUT2D eigenvalue weighted by atomic mass is 10.2. The Labute approximate surface area is 104 Å². The molecule has 1 heterocycles. The highest BCUT2D eigenvalue weighted by Crippen LogP contribution is 2.21. The number of rotatable bonds is 2. The lowest BCUT2D eigenvalue weighted by Crippen LogP contribution is -2.14. The number of nitrogens with zero attached hydrogens (tertiary/aromatic N) is 1. The smallest absolute Gasteiger partial charge is 0.257 e. The Hall–Kier alpha value is -1.87. The molecule has 2 rings (SSSR count). The summed E-state index contributed by atoms with van der Waals surface area (Å²) in [6.07, 6.45) is 1.65. The molecule has 17 heavy (non-hydrogen) atoms. The summed E-state index contributed by atoms with van der Waals surface area (Å²) >= 11 is 5.97. The average Bonchev–Trinajstić information content (AvgIpc) is 2.32. The van der Waals surface area contributed by atoms with Crippen LogP contribution in [0.1, 0.15) is 16.1 Å². The van der Waals surface area contributed by atoms with Crippen LogP contribution in [0.15, 0.2) is 42.6 Å². The maximum atomic E-state index is 12.0. The number of nitrogens with one attached hydrogen (secondary N) is 1. The van der Waals surface area contributed by atoms with Crippen LogP contribution < -0.4 is 5.32 Å². The van der Waals surface area contributed by atoms with Crippen LogP contribution in [0.4, 0.5) is 5.69 Å². The number of hydrogen-bond acceptors (Lipinski definition) is 2. The van der Waals surface area contributed by atoms with Gasteiger partial charge >= 0.3 is 0 Å². The van der Waals surface area contributed by atoms with Gasteiger partial charge in [-0.2, -0.15) is 0 Å².